The van der Waals surface area contributed by atoms with Crippen LogP contribution in [0.4, 0.5) is 0 Å². The molecule has 1 aromatic carbocycles. The third kappa shape index (κ3) is 7.91. The fourth-order valence-corrected chi connectivity index (χ4v) is 3.86. The van der Waals surface area contributed by atoms with E-state index in [9.17, 15) is 0 Å². The van der Waals surface area contributed by atoms with Gasteiger partial charge in [0.05, 0.1) is 0 Å². The quantitative estimate of drug-likeness (QED) is 0.559. The smallest absolute Gasteiger partial charge is 0.515 e. The van der Waals surface area contributed by atoms with Crippen LogP contribution >= 0.6 is 0 Å². The van der Waals surface area contributed by atoms with Crippen LogP contribution in [0.15, 0.2) is 35.9 Å². The summed E-state index contributed by atoms with van der Waals surface area (Å²) in [6.07, 6.45) is 26.3. The number of benzene rings is 1. The second kappa shape index (κ2) is 13.9. The summed E-state index contributed by atoms with van der Waals surface area (Å²) in [5.41, 5.74) is 2.57. The average Bonchev–Trinajstić information content (AvgIpc) is 3.50. The van der Waals surface area contributed by atoms with Gasteiger partial charge in [-0.15, -0.1) is 0 Å². The monoisotopic (exact) mass is 445 g/mol. The Morgan fingerprint density at radius 1 is 0.857 bits per heavy atom. The second-order valence-corrected chi connectivity index (χ2v) is 7.15. The SMILES string of the molecule is [CH-]=C1CN(Cc2ccccc2)[C@H]2CCC[CH-][C@@H]12.[CH]1[CH][CH][CH][CH]1.[CH]1[CH][CH][CH][CH]1.[Zr+2]. The van der Waals surface area contributed by atoms with Crippen molar-refractivity contribution < 1.29 is 26.2 Å². The Balaban J connectivity index is 0.000000209. The minimum atomic E-state index is 0. The maximum absolute atomic E-state index is 6.18. The van der Waals surface area contributed by atoms with Crippen LogP contribution in [0.3, 0.4) is 0 Å². The van der Waals surface area contributed by atoms with Crippen LogP contribution in [-0.4, -0.2) is 17.5 Å². The molecule has 0 amide bonds. The van der Waals surface area contributed by atoms with Gasteiger partial charge >= 0.3 is 26.2 Å². The molecule has 4 fully saturated rings. The molecule has 1 aromatic rings. The molecule has 1 nitrogen and oxygen atoms in total. The molecule has 1 saturated heterocycles. The molecule has 2 atom stereocenters. The first-order valence-electron chi connectivity index (χ1n) is 9.90. The molecule has 0 N–H and O–H groups in total. The average molecular weight is 447 g/mol. The van der Waals surface area contributed by atoms with Gasteiger partial charge < -0.3 is 13.0 Å². The summed E-state index contributed by atoms with van der Waals surface area (Å²) in [5.74, 6) is 0.549. The Morgan fingerprint density at radius 2 is 1.39 bits per heavy atom. The third-order valence-corrected chi connectivity index (χ3v) is 5.16. The van der Waals surface area contributed by atoms with Crippen molar-refractivity contribution in [3.8, 4) is 0 Å². The normalized spacial score (nSPS) is 26.4. The van der Waals surface area contributed by atoms with Gasteiger partial charge in [0.2, 0.25) is 0 Å². The molecule has 2 heteroatoms. The maximum atomic E-state index is 6.18. The largest absolute Gasteiger partial charge is 2.00 e. The van der Waals surface area contributed by atoms with Gasteiger partial charge in [0.15, 0.2) is 0 Å². The van der Waals surface area contributed by atoms with Crippen molar-refractivity contribution in [1.29, 1.82) is 0 Å². The molecule has 142 valence electrons. The molecule has 5 rings (SSSR count). The molecule has 0 spiro atoms. The number of rotatable bonds is 2. The van der Waals surface area contributed by atoms with Crippen molar-refractivity contribution in [2.24, 2.45) is 5.92 Å². The van der Waals surface area contributed by atoms with Gasteiger partial charge in [0, 0.05) is 6.54 Å². The molecule has 4 aliphatic rings. The maximum Gasteiger partial charge on any atom is 2.00 e. The van der Waals surface area contributed by atoms with Crippen LogP contribution in [0.25, 0.3) is 0 Å². The van der Waals surface area contributed by atoms with E-state index >= 15 is 0 Å². The van der Waals surface area contributed by atoms with Gasteiger partial charge in [-0.05, 0) is 88.8 Å². The Bertz CT molecular complexity index is 507. The molecular weight excluding hydrogens is 418 g/mol. The van der Waals surface area contributed by atoms with E-state index in [1.54, 1.807) is 0 Å². The van der Waals surface area contributed by atoms with Crippen molar-refractivity contribution in [3.05, 3.63) is 119 Å². The van der Waals surface area contributed by atoms with Crippen molar-refractivity contribution in [2.75, 3.05) is 6.54 Å². The number of fused-ring (bicyclic) bond motifs is 1. The fraction of sp³-hybridized carbons (Fsp3) is 0.269. The molecule has 3 saturated carbocycles. The summed E-state index contributed by atoms with van der Waals surface area (Å²) >= 11 is 0. The standard InChI is InChI=1S/C16H19N.2C5H5.Zr/c1-13-11-17(12-14-7-3-2-4-8-14)16-10-6-5-9-15(13)16;2*1-2-4-5-3-1;/h1-4,7-9,15-16H,5-6,10-12H2;2*1-5H;/q-2;;;+2/t15-,16-;;;/m0.../s1. The third-order valence-electron chi connectivity index (χ3n) is 5.16. The number of hydrogen-bond acceptors (Lipinski definition) is 1. The van der Waals surface area contributed by atoms with Gasteiger partial charge in [0.25, 0.3) is 0 Å². The Kier molecular flexibility index (Phi) is 12.0. The van der Waals surface area contributed by atoms with E-state index in [1.807, 2.05) is 64.2 Å². The molecule has 0 unspecified atom stereocenters. The molecule has 0 aromatic heterocycles. The van der Waals surface area contributed by atoms with Gasteiger partial charge in [-0.2, -0.15) is 12.3 Å². The van der Waals surface area contributed by atoms with E-state index in [0.717, 1.165) is 13.1 Å². The van der Waals surface area contributed by atoms with Gasteiger partial charge in [-0.3, -0.25) is 10.5 Å². The number of nitrogens with zero attached hydrogens (tertiary/aromatic N) is 1. The molecule has 1 heterocycles. The fourth-order valence-electron chi connectivity index (χ4n) is 3.86. The van der Waals surface area contributed by atoms with Crippen LogP contribution in [0.1, 0.15) is 24.8 Å². The van der Waals surface area contributed by atoms with Crippen molar-refractivity contribution in [1.82, 2.24) is 4.90 Å². The zero-order valence-corrected chi connectivity index (χ0v) is 18.9. The first-order chi connectivity index (χ1) is 13.3. The van der Waals surface area contributed by atoms with Crippen LogP contribution in [0.5, 0.6) is 0 Å². The summed E-state index contributed by atoms with van der Waals surface area (Å²) < 4.78 is 0. The molecular formula is C26H29NZr. The topological polar surface area (TPSA) is 3.24 Å². The molecule has 28 heavy (non-hydrogen) atoms. The van der Waals surface area contributed by atoms with E-state index in [4.69, 9.17) is 6.58 Å². The second-order valence-electron chi connectivity index (χ2n) is 7.15. The minimum Gasteiger partial charge on any atom is -0.515 e. The minimum absolute atomic E-state index is 0. The van der Waals surface area contributed by atoms with Gasteiger partial charge in [-0.25, -0.2) is 0 Å². The summed E-state index contributed by atoms with van der Waals surface area (Å²) in [5, 5.41) is 0. The predicted molar refractivity (Wildman–Crippen MR) is 113 cm³/mol. The van der Waals surface area contributed by atoms with E-state index in [0.29, 0.717) is 12.0 Å². The summed E-state index contributed by atoms with van der Waals surface area (Å²) in [4.78, 5) is 2.55. The molecule has 3 aliphatic carbocycles. The van der Waals surface area contributed by atoms with Crippen LogP contribution in [0, 0.1) is 83.1 Å². The van der Waals surface area contributed by atoms with Gasteiger partial charge in [0.1, 0.15) is 0 Å². The Morgan fingerprint density at radius 3 is 1.93 bits per heavy atom. The summed E-state index contributed by atoms with van der Waals surface area (Å²) in [7, 11) is 0. The van der Waals surface area contributed by atoms with Crippen LogP contribution in [-0.2, 0) is 32.7 Å². The van der Waals surface area contributed by atoms with Crippen LogP contribution < -0.4 is 0 Å². The first kappa shape index (κ1) is 24.1. The Labute approximate surface area is 193 Å². The number of likely N-dealkylation sites (tertiary alicyclic amines) is 1. The van der Waals surface area contributed by atoms with E-state index in [1.165, 1.54) is 30.4 Å². The van der Waals surface area contributed by atoms with E-state index < -0.39 is 0 Å². The van der Waals surface area contributed by atoms with E-state index in [-0.39, 0.29) is 26.2 Å². The first-order valence-corrected chi connectivity index (χ1v) is 9.90. The van der Waals surface area contributed by atoms with Crippen LogP contribution in [0.2, 0.25) is 0 Å². The van der Waals surface area contributed by atoms with E-state index in [2.05, 4.69) is 41.7 Å². The summed E-state index contributed by atoms with van der Waals surface area (Å²) in [6.45, 7) is 8.19. The summed E-state index contributed by atoms with van der Waals surface area (Å²) in [6, 6.07) is 11.4. The molecule has 10 radical (unpaired) electrons. The zero-order chi connectivity index (χ0) is 18.7. The Hall–Kier alpha value is -0.197. The molecule has 1 aliphatic heterocycles. The predicted octanol–water partition coefficient (Wildman–Crippen LogP) is 5.27. The zero-order valence-electron chi connectivity index (χ0n) is 16.5. The van der Waals surface area contributed by atoms with Crippen molar-refractivity contribution >= 4 is 0 Å². The van der Waals surface area contributed by atoms with Crippen molar-refractivity contribution in [2.45, 2.75) is 31.8 Å². The molecule has 0 bridgehead atoms. The van der Waals surface area contributed by atoms with Crippen molar-refractivity contribution in [3.63, 3.8) is 0 Å². The van der Waals surface area contributed by atoms with Gasteiger partial charge in [-0.1, -0.05) is 36.8 Å². The number of hydrogen-bond donors (Lipinski definition) is 0.